The first-order valence-electron chi connectivity index (χ1n) is 14.6. The Bertz CT molecular complexity index is 1770. The third kappa shape index (κ3) is 8.50. The van der Waals surface area contributed by atoms with Crippen molar-refractivity contribution in [2.75, 3.05) is 0 Å². The van der Waals surface area contributed by atoms with E-state index in [0.29, 0.717) is 36.1 Å². The van der Waals surface area contributed by atoms with Gasteiger partial charge in [-0.2, -0.15) is 0 Å². The van der Waals surface area contributed by atoms with Crippen molar-refractivity contribution in [2.24, 2.45) is 10.3 Å². The molecule has 47 heavy (non-hydrogen) atoms. The van der Waals surface area contributed by atoms with Crippen LogP contribution in [-0.4, -0.2) is 33.2 Å². The molecule has 0 atom stereocenters. The molecule has 2 aromatic heterocycles. The van der Waals surface area contributed by atoms with E-state index in [0.717, 1.165) is 44.9 Å². The van der Waals surface area contributed by atoms with Crippen LogP contribution in [0.25, 0.3) is 22.5 Å². The number of hydrogen-bond acceptors (Lipinski definition) is 11. The molecule has 2 N–H and O–H groups in total. The molecule has 0 radical (unpaired) electrons. The summed E-state index contributed by atoms with van der Waals surface area (Å²) in [4.78, 5) is 0. The van der Waals surface area contributed by atoms with E-state index in [1.54, 1.807) is 0 Å². The van der Waals surface area contributed by atoms with Gasteiger partial charge in [0.05, 0.1) is 12.4 Å². The van der Waals surface area contributed by atoms with Gasteiger partial charge in [-0.3, -0.25) is 0 Å². The van der Waals surface area contributed by atoms with Crippen molar-refractivity contribution in [3.8, 4) is 34.0 Å². The summed E-state index contributed by atoms with van der Waals surface area (Å²) >= 11 is 0. The maximum absolute atomic E-state index is 8.63. The smallest absolute Gasteiger partial charge is 0.163 e. The van der Waals surface area contributed by atoms with E-state index in [1.165, 1.54) is 12.4 Å². The topological polar surface area (TPSA) is 145 Å². The van der Waals surface area contributed by atoms with Crippen molar-refractivity contribution >= 4 is 12.4 Å². The first kappa shape index (κ1) is 30.8. The fourth-order valence-electron chi connectivity index (χ4n) is 4.60. The molecule has 0 saturated carbocycles. The Morgan fingerprint density at radius 3 is 1.32 bits per heavy atom. The van der Waals surface area contributed by atoms with Gasteiger partial charge in [0.25, 0.3) is 0 Å². The van der Waals surface area contributed by atoms with Crippen LogP contribution in [0.4, 0.5) is 0 Å². The Hall–Kier alpha value is -6.20. The van der Waals surface area contributed by atoms with Gasteiger partial charge in [-0.15, -0.1) is 0 Å². The van der Waals surface area contributed by atoms with E-state index >= 15 is 0 Å². The second-order valence-electron chi connectivity index (χ2n) is 10.4. The molecular formula is C36H30N4O7. The predicted octanol–water partition coefficient (Wildman–Crippen LogP) is 7.49. The maximum atomic E-state index is 8.63. The van der Waals surface area contributed by atoms with Crippen molar-refractivity contribution in [1.82, 2.24) is 10.3 Å². The Labute approximate surface area is 269 Å². The highest BCUT2D eigenvalue weighted by Crippen LogP contribution is 2.25. The third-order valence-corrected chi connectivity index (χ3v) is 7.09. The normalized spacial score (nSPS) is 11.4. The minimum atomic E-state index is 0.219. The summed E-state index contributed by atoms with van der Waals surface area (Å²) in [7, 11) is 0. The van der Waals surface area contributed by atoms with Crippen LogP contribution in [0.1, 0.15) is 33.8 Å². The van der Waals surface area contributed by atoms with Crippen molar-refractivity contribution < 1.29 is 33.7 Å². The van der Waals surface area contributed by atoms with Crippen LogP contribution < -0.4 is 9.47 Å². The molecule has 0 amide bonds. The third-order valence-electron chi connectivity index (χ3n) is 7.09. The molecule has 11 nitrogen and oxygen atoms in total. The standard InChI is InChI=1S/C36H30N4O7/c41-37-19-25-1-5-27(6-2-25)21-44-31-13-9-29(10-14-31)35-17-33(46-39-35)23-43-24-34-18-36(40-47-34)30-11-15-32(16-12-30)45-22-28-7-3-26(4-8-28)20-38-42/h1-20,41-42H,21-24H2. The zero-order valence-electron chi connectivity index (χ0n) is 25.1. The molecule has 236 valence electrons. The van der Waals surface area contributed by atoms with Crippen molar-refractivity contribution in [3.63, 3.8) is 0 Å². The largest absolute Gasteiger partial charge is 0.489 e. The summed E-state index contributed by atoms with van der Waals surface area (Å²) < 4.78 is 28.5. The van der Waals surface area contributed by atoms with Gasteiger partial charge in [0.2, 0.25) is 0 Å². The number of oxime groups is 2. The van der Waals surface area contributed by atoms with E-state index in [1.807, 2.05) is 109 Å². The molecule has 0 aliphatic heterocycles. The predicted molar refractivity (Wildman–Crippen MR) is 173 cm³/mol. The van der Waals surface area contributed by atoms with Crippen LogP contribution in [0, 0.1) is 0 Å². The van der Waals surface area contributed by atoms with E-state index in [4.69, 9.17) is 33.7 Å². The summed E-state index contributed by atoms with van der Waals surface area (Å²) in [6.45, 7) is 1.26. The zero-order valence-corrected chi connectivity index (χ0v) is 25.1. The summed E-state index contributed by atoms with van der Waals surface area (Å²) in [5.41, 5.74) is 6.77. The van der Waals surface area contributed by atoms with Crippen molar-refractivity contribution in [3.05, 3.63) is 143 Å². The fraction of sp³-hybridized carbons (Fsp3) is 0.111. The maximum Gasteiger partial charge on any atom is 0.163 e. The molecular weight excluding hydrogens is 600 g/mol. The molecule has 4 aromatic carbocycles. The molecule has 0 saturated heterocycles. The molecule has 0 bridgehead atoms. The summed E-state index contributed by atoms with van der Waals surface area (Å²) in [6.07, 6.45) is 2.75. The van der Waals surface area contributed by atoms with Crippen LogP contribution in [0.15, 0.2) is 129 Å². The van der Waals surface area contributed by atoms with Gasteiger partial charge in [0, 0.05) is 23.3 Å². The molecule has 0 aliphatic carbocycles. The minimum absolute atomic E-state index is 0.219. The Kier molecular flexibility index (Phi) is 9.96. The number of ether oxygens (including phenoxy) is 3. The summed E-state index contributed by atoms with van der Waals surface area (Å²) in [5, 5.41) is 31.6. The van der Waals surface area contributed by atoms with Crippen LogP contribution in [0.2, 0.25) is 0 Å². The first-order valence-corrected chi connectivity index (χ1v) is 14.6. The lowest BCUT2D eigenvalue weighted by atomic mass is 10.1. The number of hydrogen-bond donors (Lipinski definition) is 2. The summed E-state index contributed by atoms with van der Waals surface area (Å²) in [6, 6.07) is 34.0. The molecule has 6 rings (SSSR count). The number of aromatic nitrogens is 2. The highest BCUT2D eigenvalue weighted by molar-refractivity contribution is 5.79. The Morgan fingerprint density at radius 2 is 0.936 bits per heavy atom. The van der Waals surface area contributed by atoms with Gasteiger partial charge in [-0.25, -0.2) is 0 Å². The fourth-order valence-corrected chi connectivity index (χ4v) is 4.60. The highest BCUT2D eigenvalue weighted by atomic mass is 16.5. The molecule has 0 unspecified atom stereocenters. The van der Waals surface area contributed by atoms with E-state index in [-0.39, 0.29) is 13.2 Å². The van der Waals surface area contributed by atoms with Gasteiger partial charge in [0.1, 0.15) is 49.3 Å². The summed E-state index contributed by atoms with van der Waals surface area (Å²) in [5.74, 6) is 2.62. The lowest BCUT2D eigenvalue weighted by Crippen LogP contribution is -1.95. The molecule has 0 spiro atoms. The first-order chi connectivity index (χ1) is 23.1. The van der Waals surface area contributed by atoms with Gasteiger partial charge in [-0.05, 0) is 70.8 Å². The Morgan fingerprint density at radius 1 is 0.532 bits per heavy atom. The average molecular weight is 631 g/mol. The van der Waals surface area contributed by atoms with Gasteiger partial charge >= 0.3 is 0 Å². The Balaban J connectivity index is 0.942. The number of nitrogens with zero attached hydrogens (tertiary/aromatic N) is 4. The molecule has 6 aromatic rings. The van der Waals surface area contributed by atoms with E-state index in [2.05, 4.69) is 20.6 Å². The number of rotatable bonds is 14. The second-order valence-corrected chi connectivity index (χ2v) is 10.4. The lowest BCUT2D eigenvalue weighted by molar-refractivity contribution is 0.0727. The van der Waals surface area contributed by atoms with E-state index in [9.17, 15) is 0 Å². The van der Waals surface area contributed by atoms with Crippen molar-refractivity contribution in [1.29, 1.82) is 0 Å². The van der Waals surface area contributed by atoms with Crippen LogP contribution in [-0.2, 0) is 31.2 Å². The number of benzene rings is 4. The average Bonchev–Trinajstić information content (AvgIpc) is 3.79. The zero-order chi connectivity index (χ0) is 32.3. The molecule has 0 fully saturated rings. The monoisotopic (exact) mass is 630 g/mol. The van der Waals surface area contributed by atoms with Gasteiger partial charge in [0.15, 0.2) is 11.5 Å². The second kappa shape index (κ2) is 15.2. The van der Waals surface area contributed by atoms with Crippen molar-refractivity contribution in [2.45, 2.75) is 26.4 Å². The lowest BCUT2D eigenvalue weighted by Gasteiger charge is -2.07. The molecule has 11 heteroatoms. The van der Waals surface area contributed by atoms with Crippen LogP contribution in [0.3, 0.4) is 0 Å². The molecule has 0 aliphatic rings. The quantitative estimate of drug-likeness (QED) is 0.0710. The van der Waals surface area contributed by atoms with E-state index < -0.39 is 0 Å². The highest BCUT2D eigenvalue weighted by Gasteiger charge is 2.11. The van der Waals surface area contributed by atoms with Crippen LogP contribution in [0.5, 0.6) is 11.5 Å². The molecule has 2 heterocycles. The van der Waals surface area contributed by atoms with Crippen LogP contribution >= 0.6 is 0 Å². The SMILES string of the molecule is ON=Cc1ccc(COc2ccc(-c3cc(COCc4cc(-c5ccc(OCc6ccc(C=NO)cc6)cc5)no4)on3)cc2)cc1. The minimum Gasteiger partial charge on any atom is -0.489 e. The van der Waals surface area contributed by atoms with Gasteiger partial charge < -0.3 is 33.7 Å². The van der Waals surface area contributed by atoms with Gasteiger partial charge in [-0.1, -0.05) is 69.2 Å².